The Morgan fingerprint density at radius 2 is 2.14 bits per heavy atom. The Labute approximate surface area is 130 Å². The van der Waals surface area contributed by atoms with E-state index in [1.165, 1.54) is 25.0 Å². The Morgan fingerprint density at radius 1 is 1.32 bits per heavy atom. The fourth-order valence-corrected chi connectivity index (χ4v) is 3.10. The van der Waals surface area contributed by atoms with Crippen LogP contribution in [0.4, 0.5) is 4.39 Å². The van der Waals surface area contributed by atoms with Crippen LogP contribution in [0.25, 0.3) is 11.5 Å². The van der Waals surface area contributed by atoms with Crippen LogP contribution in [0.2, 0.25) is 0 Å². The number of hydrogen-bond donors (Lipinski definition) is 1. The number of likely N-dealkylation sites (tertiary alicyclic amines) is 1. The topological polar surface area (TPSA) is 55.3 Å². The minimum Gasteiger partial charge on any atom is -0.444 e. The van der Waals surface area contributed by atoms with Crippen LogP contribution in [0.5, 0.6) is 0 Å². The number of hydrogen-bond acceptors (Lipinski definition) is 4. The van der Waals surface area contributed by atoms with Crippen molar-refractivity contribution in [2.45, 2.75) is 25.8 Å². The van der Waals surface area contributed by atoms with E-state index in [0.717, 1.165) is 43.9 Å². The second-order valence-corrected chi connectivity index (χ2v) is 5.97. The van der Waals surface area contributed by atoms with E-state index in [1.807, 2.05) is 0 Å². The van der Waals surface area contributed by atoms with E-state index in [9.17, 15) is 4.39 Å². The van der Waals surface area contributed by atoms with Gasteiger partial charge < -0.3 is 10.2 Å². The first-order valence-electron chi connectivity index (χ1n) is 7.87. The first-order valence-corrected chi connectivity index (χ1v) is 7.87. The van der Waals surface area contributed by atoms with Gasteiger partial charge in [0, 0.05) is 18.7 Å². The zero-order chi connectivity index (χ0) is 15.4. The van der Waals surface area contributed by atoms with Gasteiger partial charge in [-0.15, -0.1) is 0 Å². The summed E-state index contributed by atoms with van der Waals surface area (Å²) in [4.78, 5) is 6.93. The van der Waals surface area contributed by atoms with E-state index in [4.69, 9.17) is 10.2 Å². The highest BCUT2D eigenvalue weighted by atomic mass is 19.1. The predicted molar refractivity (Wildman–Crippen MR) is 83.6 cm³/mol. The van der Waals surface area contributed by atoms with Gasteiger partial charge in [0.25, 0.3) is 0 Å². The Hall–Kier alpha value is -1.72. The van der Waals surface area contributed by atoms with E-state index in [2.05, 4.69) is 9.88 Å². The summed E-state index contributed by atoms with van der Waals surface area (Å²) in [6.07, 6.45) is 5.28. The number of benzene rings is 1. The van der Waals surface area contributed by atoms with Crippen LogP contribution in [0.1, 0.15) is 25.0 Å². The van der Waals surface area contributed by atoms with E-state index in [1.54, 1.807) is 18.4 Å². The molecule has 1 atom stereocenters. The van der Waals surface area contributed by atoms with Crippen molar-refractivity contribution in [3.8, 4) is 11.5 Å². The van der Waals surface area contributed by atoms with Gasteiger partial charge in [-0.05, 0) is 62.5 Å². The van der Waals surface area contributed by atoms with Gasteiger partial charge in [0.05, 0.1) is 5.69 Å². The van der Waals surface area contributed by atoms with Crippen molar-refractivity contribution in [3.63, 3.8) is 0 Å². The lowest BCUT2D eigenvalue weighted by Crippen LogP contribution is -2.35. The molecule has 1 aliphatic heterocycles. The second-order valence-electron chi connectivity index (χ2n) is 5.97. The molecular weight excluding hydrogens is 281 g/mol. The van der Waals surface area contributed by atoms with E-state index >= 15 is 0 Å². The first kappa shape index (κ1) is 15.2. The number of nitrogens with zero attached hydrogens (tertiary/aromatic N) is 2. The summed E-state index contributed by atoms with van der Waals surface area (Å²) >= 11 is 0. The molecule has 1 saturated heterocycles. The molecule has 0 aliphatic carbocycles. The number of aromatic nitrogens is 1. The average Bonchev–Trinajstić information content (AvgIpc) is 2.97. The zero-order valence-corrected chi connectivity index (χ0v) is 12.7. The summed E-state index contributed by atoms with van der Waals surface area (Å²) in [5.74, 6) is 0.988. The number of oxazole rings is 1. The SMILES string of the molecule is NCCC1CCCN(Cc2coc(-c3ccc(F)cc3)n2)C1. The molecule has 5 heteroatoms. The van der Waals surface area contributed by atoms with Gasteiger partial charge in [0.1, 0.15) is 12.1 Å². The molecule has 2 N–H and O–H groups in total. The minimum atomic E-state index is -0.255. The highest BCUT2D eigenvalue weighted by molar-refractivity contribution is 5.52. The van der Waals surface area contributed by atoms with Gasteiger partial charge in [0.2, 0.25) is 5.89 Å². The Balaban J connectivity index is 1.63. The summed E-state index contributed by atoms with van der Waals surface area (Å²) in [6, 6.07) is 6.20. The predicted octanol–water partition coefficient (Wildman–Crippen LogP) is 3.04. The molecule has 0 radical (unpaired) electrons. The third-order valence-corrected chi connectivity index (χ3v) is 4.21. The Bertz CT molecular complexity index is 594. The fourth-order valence-electron chi connectivity index (χ4n) is 3.10. The van der Waals surface area contributed by atoms with Gasteiger partial charge >= 0.3 is 0 Å². The molecule has 118 valence electrons. The molecular formula is C17H22FN3O. The monoisotopic (exact) mass is 303 g/mol. The molecule has 0 saturated carbocycles. The van der Waals surface area contributed by atoms with E-state index < -0.39 is 0 Å². The van der Waals surface area contributed by atoms with Crippen LogP contribution < -0.4 is 5.73 Å². The van der Waals surface area contributed by atoms with Crippen molar-refractivity contribution in [3.05, 3.63) is 42.0 Å². The third-order valence-electron chi connectivity index (χ3n) is 4.21. The van der Waals surface area contributed by atoms with E-state index in [0.29, 0.717) is 11.8 Å². The van der Waals surface area contributed by atoms with Crippen LogP contribution in [-0.2, 0) is 6.54 Å². The van der Waals surface area contributed by atoms with Crippen molar-refractivity contribution in [2.75, 3.05) is 19.6 Å². The van der Waals surface area contributed by atoms with Crippen molar-refractivity contribution in [2.24, 2.45) is 11.7 Å². The number of piperidine rings is 1. The zero-order valence-electron chi connectivity index (χ0n) is 12.7. The van der Waals surface area contributed by atoms with Crippen LogP contribution in [-0.4, -0.2) is 29.5 Å². The first-order chi connectivity index (χ1) is 10.7. The van der Waals surface area contributed by atoms with Gasteiger partial charge in [-0.3, -0.25) is 4.90 Å². The normalized spacial score (nSPS) is 19.5. The minimum absolute atomic E-state index is 0.255. The maximum atomic E-state index is 12.9. The van der Waals surface area contributed by atoms with E-state index in [-0.39, 0.29) is 5.82 Å². The van der Waals surface area contributed by atoms with Crippen LogP contribution in [0.15, 0.2) is 34.9 Å². The highest BCUT2D eigenvalue weighted by Gasteiger charge is 2.20. The molecule has 0 bridgehead atoms. The smallest absolute Gasteiger partial charge is 0.226 e. The van der Waals surface area contributed by atoms with Crippen molar-refractivity contribution in [1.82, 2.24) is 9.88 Å². The Kier molecular flexibility index (Phi) is 4.85. The standard InChI is InChI=1S/C17H22FN3O/c18-15-5-3-14(4-6-15)17-20-16(12-22-17)11-21-9-1-2-13(10-21)7-8-19/h3-6,12-13H,1-2,7-11,19H2. The van der Waals surface area contributed by atoms with Gasteiger partial charge in [-0.25, -0.2) is 9.37 Å². The summed E-state index contributed by atoms with van der Waals surface area (Å²) in [6.45, 7) is 3.73. The molecule has 0 amide bonds. The molecule has 22 heavy (non-hydrogen) atoms. The van der Waals surface area contributed by atoms with Crippen LogP contribution in [0, 0.1) is 11.7 Å². The number of halogens is 1. The lowest BCUT2D eigenvalue weighted by Gasteiger charge is -2.31. The molecule has 1 fully saturated rings. The Morgan fingerprint density at radius 3 is 2.91 bits per heavy atom. The van der Waals surface area contributed by atoms with Crippen molar-refractivity contribution < 1.29 is 8.81 Å². The van der Waals surface area contributed by atoms with Gasteiger partial charge in [0.15, 0.2) is 0 Å². The molecule has 1 aromatic carbocycles. The van der Waals surface area contributed by atoms with Crippen LogP contribution in [0.3, 0.4) is 0 Å². The fraction of sp³-hybridized carbons (Fsp3) is 0.471. The molecule has 1 unspecified atom stereocenters. The molecule has 4 nitrogen and oxygen atoms in total. The molecule has 0 spiro atoms. The highest BCUT2D eigenvalue weighted by Crippen LogP contribution is 2.23. The average molecular weight is 303 g/mol. The van der Waals surface area contributed by atoms with Gasteiger partial charge in [-0.2, -0.15) is 0 Å². The summed E-state index contributed by atoms with van der Waals surface area (Å²) in [5, 5.41) is 0. The van der Waals surface area contributed by atoms with Crippen molar-refractivity contribution >= 4 is 0 Å². The molecule has 1 aliphatic rings. The molecule has 3 rings (SSSR count). The maximum Gasteiger partial charge on any atom is 0.226 e. The molecule has 1 aromatic heterocycles. The lowest BCUT2D eigenvalue weighted by molar-refractivity contribution is 0.161. The second kappa shape index (κ2) is 7.03. The largest absolute Gasteiger partial charge is 0.444 e. The lowest BCUT2D eigenvalue weighted by atomic mass is 9.95. The van der Waals surface area contributed by atoms with Crippen molar-refractivity contribution in [1.29, 1.82) is 0 Å². The quantitative estimate of drug-likeness (QED) is 0.922. The van der Waals surface area contributed by atoms with Crippen LogP contribution >= 0.6 is 0 Å². The molecule has 2 aromatic rings. The number of nitrogens with two attached hydrogens (primary N) is 1. The molecule has 2 heterocycles. The number of rotatable bonds is 5. The summed E-state index contributed by atoms with van der Waals surface area (Å²) in [7, 11) is 0. The summed E-state index contributed by atoms with van der Waals surface area (Å²) < 4.78 is 18.5. The summed E-state index contributed by atoms with van der Waals surface area (Å²) in [5.41, 5.74) is 7.39. The van der Waals surface area contributed by atoms with Gasteiger partial charge in [-0.1, -0.05) is 0 Å². The third kappa shape index (κ3) is 3.72. The maximum absolute atomic E-state index is 12.9.